The molecule has 0 spiro atoms. The van der Waals surface area contributed by atoms with Gasteiger partial charge in [-0.05, 0) is 49.6 Å². The molecule has 1 N–H and O–H groups in total. The molecule has 0 aromatic heterocycles. The molecule has 33 heavy (non-hydrogen) atoms. The summed E-state index contributed by atoms with van der Waals surface area (Å²) >= 11 is 12.2. The maximum absolute atomic E-state index is 13.5. The van der Waals surface area contributed by atoms with Crippen LogP contribution >= 0.6 is 23.2 Å². The summed E-state index contributed by atoms with van der Waals surface area (Å²) in [6.07, 6.45) is 1.40. The van der Waals surface area contributed by atoms with Crippen LogP contribution in [0.4, 0.5) is 5.69 Å². The van der Waals surface area contributed by atoms with Crippen molar-refractivity contribution >= 4 is 50.7 Å². The van der Waals surface area contributed by atoms with Gasteiger partial charge in [-0.2, -0.15) is 0 Å². The average Bonchev–Trinajstić information content (AvgIpc) is 2.74. The molecule has 0 saturated heterocycles. The number of nitrogens with zero attached hydrogens (tertiary/aromatic N) is 2. The molecule has 1 unspecified atom stereocenters. The van der Waals surface area contributed by atoms with Crippen LogP contribution in [0, 0.1) is 6.92 Å². The van der Waals surface area contributed by atoms with E-state index in [1.54, 1.807) is 63.2 Å². The van der Waals surface area contributed by atoms with Gasteiger partial charge in [-0.15, -0.1) is 0 Å². The van der Waals surface area contributed by atoms with Crippen LogP contribution in [0.15, 0.2) is 42.5 Å². The van der Waals surface area contributed by atoms with Crippen molar-refractivity contribution in [1.82, 2.24) is 10.2 Å². The number of anilines is 1. The number of halogens is 2. The molecular weight excluding hydrogens is 485 g/mol. The van der Waals surface area contributed by atoms with E-state index in [0.717, 1.165) is 10.6 Å². The molecule has 2 amide bonds. The van der Waals surface area contributed by atoms with Crippen LogP contribution in [0.2, 0.25) is 10.0 Å². The third-order valence-electron chi connectivity index (χ3n) is 5.14. The lowest BCUT2D eigenvalue weighted by Crippen LogP contribution is -2.52. The summed E-state index contributed by atoms with van der Waals surface area (Å²) in [4.78, 5) is 27.7. The second-order valence-corrected chi connectivity index (χ2v) is 10.4. The highest BCUT2D eigenvalue weighted by atomic mass is 35.5. The summed E-state index contributed by atoms with van der Waals surface area (Å²) in [5, 5.41) is 3.45. The molecule has 0 fully saturated rings. The summed E-state index contributed by atoms with van der Waals surface area (Å²) in [7, 11) is -3.77. The number of para-hydroxylation sites is 1. The SMILES string of the molecule is CCNC(=O)C(CC)N(Cc1ccc(Cl)c(Cl)c1)C(=O)CN(c1ccccc1C)S(C)(=O)=O. The minimum Gasteiger partial charge on any atom is -0.355 e. The van der Waals surface area contributed by atoms with Crippen molar-refractivity contribution in [2.24, 2.45) is 0 Å². The first-order chi connectivity index (χ1) is 15.5. The van der Waals surface area contributed by atoms with E-state index in [1.807, 2.05) is 0 Å². The van der Waals surface area contributed by atoms with Crippen molar-refractivity contribution < 1.29 is 18.0 Å². The molecular formula is C23H29Cl2N3O4S. The number of amides is 2. The molecule has 0 bridgehead atoms. The first-order valence-corrected chi connectivity index (χ1v) is 13.1. The van der Waals surface area contributed by atoms with Crippen LogP contribution in [0.25, 0.3) is 0 Å². The van der Waals surface area contributed by atoms with Gasteiger partial charge in [-0.3, -0.25) is 13.9 Å². The standard InChI is InChI=1S/C23H29Cl2N3O4S/c1-5-20(23(30)26-6-2)27(14-17-11-12-18(24)19(25)13-17)22(29)15-28(33(4,31)32)21-10-8-7-9-16(21)3/h7-13,20H,5-6,14-15H2,1-4H3,(H,26,30). The summed E-state index contributed by atoms with van der Waals surface area (Å²) in [6, 6.07) is 11.1. The van der Waals surface area contributed by atoms with E-state index in [0.29, 0.717) is 39.8 Å². The molecule has 180 valence electrons. The predicted molar refractivity (Wildman–Crippen MR) is 133 cm³/mol. The maximum Gasteiger partial charge on any atom is 0.244 e. The molecule has 2 aromatic rings. The molecule has 0 heterocycles. The molecule has 0 radical (unpaired) electrons. The molecule has 7 nitrogen and oxygen atoms in total. The van der Waals surface area contributed by atoms with Crippen molar-refractivity contribution in [2.75, 3.05) is 23.7 Å². The maximum atomic E-state index is 13.5. The highest BCUT2D eigenvalue weighted by molar-refractivity contribution is 7.92. The third-order valence-corrected chi connectivity index (χ3v) is 7.00. The highest BCUT2D eigenvalue weighted by Crippen LogP contribution is 2.25. The van der Waals surface area contributed by atoms with Crippen LogP contribution in [0.5, 0.6) is 0 Å². The zero-order chi connectivity index (χ0) is 24.8. The number of benzene rings is 2. The van der Waals surface area contributed by atoms with Crippen molar-refractivity contribution in [1.29, 1.82) is 0 Å². The number of rotatable bonds is 10. The highest BCUT2D eigenvalue weighted by Gasteiger charge is 2.31. The smallest absolute Gasteiger partial charge is 0.244 e. The lowest BCUT2D eigenvalue weighted by molar-refractivity contribution is -0.140. The Morgan fingerprint density at radius 2 is 1.73 bits per heavy atom. The van der Waals surface area contributed by atoms with Gasteiger partial charge in [0.1, 0.15) is 12.6 Å². The predicted octanol–water partition coefficient (Wildman–Crippen LogP) is 4.01. The molecule has 0 aliphatic carbocycles. The number of nitrogens with one attached hydrogen (secondary N) is 1. The van der Waals surface area contributed by atoms with Crippen LogP contribution in [-0.4, -0.2) is 50.5 Å². The van der Waals surface area contributed by atoms with Gasteiger partial charge in [0.15, 0.2) is 0 Å². The second-order valence-electron chi connectivity index (χ2n) is 7.64. The van der Waals surface area contributed by atoms with E-state index < -0.39 is 28.5 Å². The summed E-state index contributed by atoms with van der Waals surface area (Å²) in [5.74, 6) is -0.817. The number of likely N-dealkylation sites (N-methyl/N-ethyl adjacent to an activating group) is 1. The zero-order valence-electron chi connectivity index (χ0n) is 19.1. The van der Waals surface area contributed by atoms with E-state index >= 15 is 0 Å². The molecule has 0 aliphatic rings. The van der Waals surface area contributed by atoms with E-state index in [4.69, 9.17) is 23.2 Å². The number of carbonyl (C=O) groups excluding carboxylic acids is 2. The van der Waals surface area contributed by atoms with Crippen molar-refractivity contribution in [3.63, 3.8) is 0 Å². The zero-order valence-corrected chi connectivity index (χ0v) is 21.5. The van der Waals surface area contributed by atoms with Gasteiger partial charge in [-0.1, -0.05) is 54.4 Å². The molecule has 0 saturated carbocycles. The Labute approximate surface area is 205 Å². The first-order valence-electron chi connectivity index (χ1n) is 10.5. The molecule has 0 aliphatic heterocycles. The second kappa shape index (κ2) is 11.7. The Balaban J connectivity index is 2.47. The fraction of sp³-hybridized carbons (Fsp3) is 0.391. The van der Waals surface area contributed by atoms with Gasteiger partial charge in [0.2, 0.25) is 21.8 Å². The Morgan fingerprint density at radius 1 is 1.06 bits per heavy atom. The summed E-state index contributed by atoms with van der Waals surface area (Å²) in [6.45, 7) is 5.39. The Kier molecular flexibility index (Phi) is 9.57. The van der Waals surface area contributed by atoms with Gasteiger partial charge in [0, 0.05) is 13.1 Å². The lowest BCUT2D eigenvalue weighted by Gasteiger charge is -2.33. The topological polar surface area (TPSA) is 86.8 Å². The molecule has 2 aromatic carbocycles. The minimum absolute atomic E-state index is 0.0662. The summed E-state index contributed by atoms with van der Waals surface area (Å²) < 4.78 is 26.3. The average molecular weight is 514 g/mol. The largest absolute Gasteiger partial charge is 0.355 e. The van der Waals surface area contributed by atoms with E-state index in [9.17, 15) is 18.0 Å². The van der Waals surface area contributed by atoms with E-state index in [-0.39, 0.29) is 12.5 Å². The van der Waals surface area contributed by atoms with E-state index in [1.165, 1.54) is 4.90 Å². The molecule has 10 heteroatoms. The van der Waals surface area contributed by atoms with Gasteiger partial charge in [0.05, 0.1) is 22.0 Å². The van der Waals surface area contributed by atoms with Crippen LogP contribution in [0.1, 0.15) is 31.4 Å². The monoisotopic (exact) mass is 513 g/mol. The third kappa shape index (κ3) is 7.09. The van der Waals surface area contributed by atoms with Gasteiger partial charge < -0.3 is 10.2 Å². The Morgan fingerprint density at radius 3 is 2.27 bits per heavy atom. The number of aryl methyl sites for hydroxylation is 1. The fourth-order valence-corrected chi connectivity index (χ4v) is 4.71. The number of sulfonamides is 1. The van der Waals surface area contributed by atoms with Crippen molar-refractivity contribution in [3.05, 3.63) is 63.6 Å². The van der Waals surface area contributed by atoms with E-state index in [2.05, 4.69) is 5.32 Å². The minimum atomic E-state index is -3.77. The van der Waals surface area contributed by atoms with Gasteiger partial charge in [0.25, 0.3) is 0 Å². The Hall–Kier alpha value is -2.29. The molecule has 1 atom stereocenters. The van der Waals surface area contributed by atoms with Crippen LogP contribution in [0.3, 0.4) is 0 Å². The van der Waals surface area contributed by atoms with Crippen LogP contribution in [-0.2, 0) is 26.2 Å². The number of hydrogen-bond acceptors (Lipinski definition) is 4. The van der Waals surface area contributed by atoms with Crippen molar-refractivity contribution in [2.45, 2.75) is 39.8 Å². The number of carbonyl (C=O) groups is 2. The van der Waals surface area contributed by atoms with Crippen LogP contribution < -0.4 is 9.62 Å². The molecule has 2 rings (SSSR count). The van der Waals surface area contributed by atoms with Gasteiger partial charge >= 0.3 is 0 Å². The summed E-state index contributed by atoms with van der Waals surface area (Å²) in [5.41, 5.74) is 1.79. The van der Waals surface area contributed by atoms with Gasteiger partial charge in [-0.25, -0.2) is 8.42 Å². The fourth-order valence-electron chi connectivity index (χ4n) is 3.48. The number of hydrogen-bond donors (Lipinski definition) is 1. The normalized spacial score (nSPS) is 12.2. The first kappa shape index (κ1) is 27.0. The Bertz CT molecular complexity index is 1110. The lowest BCUT2D eigenvalue weighted by atomic mass is 10.1. The van der Waals surface area contributed by atoms with Crippen molar-refractivity contribution in [3.8, 4) is 0 Å². The quantitative estimate of drug-likeness (QED) is 0.519.